The van der Waals surface area contributed by atoms with E-state index >= 15 is 0 Å². The SMILES string of the molecule is CC1CC(=O)N(CCCN(C)C)c2ccc(Cl)cc21. The van der Waals surface area contributed by atoms with Crippen LogP contribution in [0.25, 0.3) is 0 Å². The predicted octanol–water partition coefficient (Wildman–Crippen LogP) is 3.13. The Balaban J connectivity index is 2.20. The van der Waals surface area contributed by atoms with E-state index < -0.39 is 0 Å². The molecular formula is C15H21ClN2O. The van der Waals surface area contributed by atoms with Crippen molar-refractivity contribution in [3.05, 3.63) is 28.8 Å². The van der Waals surface area contributed by atoms with Gasteiger partial charge in [0.1, 0.15) is 0 Å². The van der Waals surface area contributed by atoms with Gasteiger partial charge in [0.2, 0.25) is 5.91 Å². The van der Waals surface area contributed by atoms with Crippen molar-refractivity contribution in [3.63, 3.8) is 0 Å². The molecule has 1 aromatic rings. The zero-order valence-corrected chi connectivity index (χ0v) is 12.6. The first-order chi connectivity index (χ1) is 8.99. The van der Waals surface area contributed by atoms with Crippen LogP contribution in [-0.2, 0) is 4.79 Å². The molecule has 0 spiro atoms. The molecule has 0 bridgehead atoms. The summed E-state index contributed by atoms with van der Waals surface area (Å²) in [4.78, 5) is 16.3. The van der Waals surface area contributed by atoms with Crippen molar-refractivity contribution < 1.29 is 4.79 Å². The molecule has 1 amide bonds. The molecule has 104 valence electrons. The molecule has 1 atom stereocenters. The lowest BCUT2D eigenvalue weighted by Gasteiger charge is -2.33. The quantitative estimate of drug-likeness (QED) is 0.846. The molecule has 1 aliphatic heterocycles. The van der Waals surface area contributed by atoms with E-state index in [0.717, 1.165) is 30.2 Å². The van der Waals surface area contributed by atoms with Crippen molar-refractivity contribution in [1.82, 2.24) is 4.90 Å². The minimum atomic E-state index is 0.223. The number of halogens is 1. The van der Waals surface area contributed by atoms with Crippen LogP contribution in [0.15, 0.2) is 18.2 Å². The number of amides is 1. The largest absolute Gasteiger partial charge is 0.312 e. The first kappa shape index (κ1) is 14.4. The van der Waals surface area contributed by atoms with Gasteiger partial charge >= 0.3 is 0 Å². The summed E-state index contributed by atoms with van der Waals surface area (Å²) in [6.45, 7) is 3.85. The second kappa shape index (κ2) is 5.93. The summed E-state index contributed by atoms with van der Waals surface area (Å²) < 4.78 is 0. The Morgan fingerprint density at radius 1 is 1.42 bits per heavy atom. The number of hydrogen-bond donors (Lipinski definition) is 0. The fourth-order valence-corrected chi connectivity index (χ4v) is 2.75. The zero-order valence-electron chi connectivity index (χ0n) is 11.8. The first-order valence-electron chi connectivity index (χ1n) is 6.73. The van der Waals surface area contributed by atoms with E-state index in [1.165, 1.54) is 5.56 Å². The molecular weight excluding hydrogens is 260 g/mol. The van der Waals surface area contributed by atoms with Crippen LogP contribution in [0.3, 0.4) is 0 Å². The summed E-state index contributed by atoms with van der Waals surface area (Å²) >= 11 is 6.06. The molecule has 2 rings (SSSR count). The summed E-state index contributed by atoms with van der Waals surface area (Å²) in [6.07, 6.45) is 1.56. The van der Waals surface area contributed by atoms with Gasteiger partial charge in [-0.05, 0) is 56.7 Å². The van der Waals surface area contributed by atoms with E-state index in [4.69, 9.17) is 11.6 Å². The number of nitrogens with zero attached hydrogens (tertiary/aromatic N) is 2. The molecule has 0 aliphatic carbocycles. The Morgan fingerprint density at radius 3 is 2.84 bits per heavy atom. The molecule has 0 saturated carbocycles. The van der Waals surface area contributed by atoms with Crippen molar-refractivity contribution >= 4 is 23.2 Å². The molecule has 0 fully saturated rings. The second-order valence-corrected chi connectivity index (χ2v) is 5.95. The molecule has 0 radical (unpaired) electrons. The van der Waals surface area contributed by atoms with Gasteiger partial charge in [-0.1, -0.05) is 18.5 Å². The van der Waals surface area contributed by atoms with Crippen LogP contribution in [0.2, 0.25) is 5.02 Å². The third-order valence-electron chi connectivity index (χ3n) is 3.58. The van der Waals surface area contributed by atoms with E-state index in [1.807, 2.05) is 37.2 Å². The molecule has 4 heteroatoms. The van der Waals surface area contributed by atoms with Crippen LogP contribution in [0.1, 0.15) is 31.2 Å². The Bertz CT molecular complexity index is 473. The highest BCUT2D eigenvalue weighted by molar-refractivity contribution is 6.30. The van der Waals surface area contributed by atoms with Gasteiger partial charge in [0.05, 0.1) is 0 Å². The van der Waals surface area contributed by atoms with E-state index in [1.54, 1.807) is 0 Å². The third-order valence-corrected chi connectivity index (χ3v) is 3.82. The second-order valence-electron chi connectivity index (χ2n) is 5.51. The highest BCUT2D eigenvalue weighted by Crippen LogP contribution is 2.37. The van der Waals surface area contributed by atoms with Gasteiger partial charge in [-0.2, -0.15) is 0 Å². The maximum atomic E-state index is 12.2. The number of carbonyl (C=O) groups is 1. The van der Waals surface area contributed by atoms with Gasteiger partial charge in [-0.25, -0.2) is 0 Å². The van der Waals surface area contributed by atoms with Crippen molar-refractivity contribution in [2.75, 3.05) is 32.1 Å². The van der Waals surface area contributed by atoms with Crippen LogP contribution in [-0.4, -0.2) is 38.0 Å². The van der Waals surface area contributed by atoms with E-state index in [9.17, 15) is 4.79 Å². The minimum Gasteiger partial charge on any atom is -0.312 e. The Labute approximate surface area is 120 Å². The number of benzene rings is 1. The lowest BCUT2D eigenvalue weighted by Crippen LogP contribution is -2.37. The monoisotopic (exact) mass is 280 g/mol. The summed E-state index contributed by atoms with van der Waals surface area (Å²) in [6, 6.07) is 5.83. The van der Waals surface area contributed by atoms with Crippen LogP contribution in [0.5, 0.6) is 0 Å². The molecule has 1 aromatic carbocycles. The molecule has 0 saturated heterocycles. The van der Waals surface area contributed by atoms with Crippen molar-refractivity contribution in [1.29, 1.82) is 0 Å². The lowest BCUT2D eigenvalue weighted by molar-refractivity contribution is -0.119. The number of fused-ring (bicyclic) bond motifs is 1. The highest BCUT2D eigenvalue weighted by atomic mass is 35.5. The average Bonchev–Trinajstić information content (AvgIpc) is 2.33. The minimum absolute atomic E-state index is 0.223. The average molecular weight is 281 g/mol. The summed E-state index contributed by atoms with van der Waals surface area (Å²) in [5.41, 5.74) is 2.23. The summed E-state index contributed by atoms with van der Waals surface area (Å²) in [5.74, 6) is 0.479. The first-order valence-corrected chi connectivity index (χ1v) is 7.11. The van der Waals surface area contributed by atoms with Crippen molar-refractivity contribution in [2.45, 2.75) is 25.7 Å². The standard InChI is InChI=1S/C15H21ClN2O/c1-11-9-15(19)18(8-4-7-17(2)3)14-6-5-12(16)10-13(11)14/h5-6,10-11H,4,7-9H2,1-3H3. The van der Waals surface area contributed by atoms with E-state index in [-0.39, 0.29) is 11.8 Å². The Morgan fingerprint density at radius 2 is 2.16 bits per heavy atom. The smallest absolute Gasteiger partial charge is 0.227 e. The van der Waals surface area contributed by atoms with Crippen LogP contribution in [0, 0.1) is 0 Å². The van der Waals surface area contributed by atoms with Crippen LogP contribution >= 0.6 is 11.6 Å². The molecule has 1 aliphatic rings. The molecule has 0 N–H and O–H groups in total. The number of rotatable bonds is 4. The van der Waals surface area contributed by atoms with E-state index in [2.05, 4.69) is 11.8 Å². The summed E-state index contributed by atoms with van der Waals surface area (Å²) in [5, 5.41) is 0.744. The van der Waals surface area contributed by atoms with Gasteiger partial charge in [0.25, 0.3) is 0 Å². The van der Waals surface area contributed by atoms with Gasteiger partial charge < -0.3 is 9.80 Å². The highest BCUT2D eigenvalue weighted by Gasteiger charge is 2.28. The lowest BCUT2D eigenvalue weighted by atomic mass is 9.91. The van der Waals surface area contributed by atoms with Gasteiger partial charge in [-0.15, -0.1) is 0 Å². The van der Waals surface area contributed by atoms with Gasteiger partial charge in [0.15, 0.2) is 0 Å². The fourth-order valence-electron chi connectivity index (χ4n) is 2.57. The molecule has 0 aromatic heterocycles. The molecule has 3 nitrogen and oxygen atoms in total. The molecule has 19 heavy (non-hydrogen) atoms. The number of hydrogen-bond acceptors (Lipinski definition) is 2. The Hall–Kier alpha value is -1.06. The van der Waals surface area contributed by atoms with Crippen molar-refractivity contribution in [3.8, 4) is 0 Å². The Kier molecular flexibility index (Phi) is 4.48. The zero-order chi connectivity index (χ0) is 14.0. The summed E-state index contributed by atoms with van der Waals surface area (Å²) in [7, 11) is 4.10. The fraction of sp³-hybridized carbons (Fsp3) is 0.533. The number of carbonyl (C=O) groups excluding carboxylic acids is 1. The van der Waals surface area contributed by atoms with Crippen LogP contribution < -0.4 is 4.90 Å². The molecule has 1 unspecified atom stereocenters. The maximum absolute atomic E-state index is 12.2. The number of anilines is 1. The van der Waals surface area contributed by atoms with Crippen LogP contribution in [0.4, 0.5) is 5.69 Å². The topological polar surface area (TPSA) is 23.6 Å². The normalized spacial score (nSPS) is 18.9. The van der Waals surface area contributed by atoms with Gasteiger partial charge in [-0.3, -0.25) is 4.79 Å². The third kappa shape index (κ3) is 3.28. The van der Waals surface area contributed by atoms with Gasteiger partial charge in [0, 0.05) is 23.7 Å². The van der Waals surface area contributed by atoms with Crippen molar-refractivity contribution in [2.24, 2.45) is 0 Å². The maximum Gasteiger partial charge on any atom is 0.227 e. The predicted molar refractivity (Wildman–Crippen MR) is 80.0 cm³/mol. The molecule has 1 heterocycles. The van der Waals surface area contributed by atoms with E-state index in [0.29, 0.717) is 6.42 Å².